The Labute approximate surface area is 136 Å². The molecule has 0 spiro atoms. The van der Waals surface area contributed by atoms with E-state index in [2.05, 4.69) is 5.32 Å². The second kappa shape index (κ2) is 8.41. The van der Waals surface area contributed by atoms with Gasteiger partial charge < -0.3 is 19.9 Å². The number of aliphatic carboxylic acids is 1. The van der Waals surface area contributed by atoms with Crippen LogP contribution in [0, 0.1) is 0 Å². The highest BCUT2D eigenvalue weighted by atomic mass is 16.5. The molecule has 1 amide bonds. The zero-order valence-corrected chi connectivity index (χ0v) is 14.1. The number of carboxylic acid groups (broad SMARTS) is 1. The van der Waals surface area contributed by atoms with Crippen molar-refractivity contribution in [2.24, 2.45) is 0 Å². The Hall–Kier alpha value is -2.24. The van der Waals surface area contributed by atoms with E-state index in [1.54, 1.807) is 25.1 Å². The van der Waals surface area contributed by atoms with E-state index in [4.69, 9.17) is 9.47 Å². The van der Waals surface area contributed by atoms with E-state index >= 15 is 0 Å². The molecule has 1 unspecified atom stereocenters. The van der Waals surface area contributed by atoms with Crippen molar-refractivity contribution in [3.63, 3.8) is 0 Å². The fraction of sp³-hybridized carbons (Fsp3) is 0.529. The lowest BCUT2D eigenvalue weighted by Crippen LogP contribution is -2.51. The summed E-state index contributed by atoms with van der Waals surface area (Å²) in [5.74, 6) is -0.482. The monoisotopic (exact) mass is 323 g/mol. The van der Waals surface area contributed by atoms with E-state index in [0.717, 1.165) is 6.42 Å². The lowest BCUT2D eigenvalue weighted by molar-refractivity contribution is -0.143. The van der Waals surface area contributed by atoms with Gasteiger partial charge in [-0.2, -0.15) is 0 Å². The number of carboxylic acids is 1. The van der Waals surface area contributed by atoms with E-state index in [0.29, 0.717) is 30.3 Å². The molecule has 0 radical (unpaired) electrons. The van der Waals surface area contributed by atoms with Crippen LogP contribution in [0.1, 0.15) is 50.9 Å². The SMILES string of the molecule is CCCOc1ccc(C(=O)NC(C)(CC)C(=O)O)cc1OCC. The van der Waals surface area contributed by atoms with Crippen molar-refractivity contribution >= 4 is 11.9 Å². The molecule has 0 aliphatic carbocycles. The smallest absolute Gasteiger partial charge is 0.329 e. The van der Waals surface area contributed by atoms with E-state index < -0.39 is 17.4 Å². The van der Waals surface area contributed by atoms with Gasteiger partial charge in [0, 0.05) is 5.56 Å². The van der Waals surface area contributed by atoms with Crippen LogP contribution >= 0.6 is 0 Å². The molecular formula is C17H25NO5. The van der Waals surface area contributed by atoms with Crippen LogP contribution in [0.4, 0.5) is 0 Å². The summed E-state index contributed by atoms with van der Waals surface area (Å²) in [4.78, 5) is 23.6. The fourth-order valence-corrected chi connectivity index (χ4v) is 1.86. The molecular weight excluding hydrogens is 298 g/mol. The number of carbonyl (C=O) groups excluding carboxylic acids is 1. The first-order valence-corrected chi connectivity index (χ1v) is 7.83. The van der Waals surface area contributed by atoms with Crippen molar-refractivity contribution < 1.29 is 24.2 Å². The topological polar surface area (TPSA) is 84.9 Å². The number of nitrogens with one attached hydrogen (secondary N) is 1. The molecule has 23 heavy (non-hydrogen) atoms. The number of amides is 1. The average molecular weight is 323 g/mol. The Morgan fingerprint density at radius 2 is 1.87 bits per heavy atom. The van der Waals surface area contributed by atoms with Crippen molar-refractivity contribution in [2.75, 3.05) is 13.2 Å². The standard InChI is InChI=1S/C17H25NO5/c1-5-10-23-13-9-8-12(11-14(13)22-7-3)15(19)18-17(4,6-2)16(20)21/h8-9,11H,5-7,10H2,1-4H3,(H,18,19)(H,20,21). The van der Waals surface area contributed by atoms with Gasteiger partial charge in [0.15, 0.2) is 11.5 Å². The first-order valence-electron chi connectivity index (χ1n) is 7.83. The molecule has 0 heterocycles. The van der Waals surface area contributed by atoms with Gasteiger partial charge >= 0.3 is 5.97 Å². The molecule has 0 aliphatic heterocycles. The largest absolute Gasteiger partial charge is 0.490 e. The molecule has 1 aromatic carbocycles. The van der Waals surface area contributed by atoms with Gasteiger partial charge in [0.05, 0.1) is 13.2 Å². The summed E-state index contributed by atoms with van der Waals surface area (Å²) in [5.41, 5.74) is -0.974. The van der Waals surface area contributed by atoms with Gasteiger partial charge in [-0.15, -0.1) is 0 Å². The molecule has 0 bridgehead atoms. The van der Waals surface area contributed by atoms with Crippen molar-refractivity contribution in [1.82, 2.24) is 5.32 Å². The second-order valence-corrected chi connectivity index (χ2v) is 5.39. The van der Waals surface area contributed by atoms with Crippen LogP contribution in [0.3, 0.4) is 0 Å². The maximum Gasteiger partial charge on any atom is 0.329 e. The van der Waals surface area contributed by atoms with Crippen LogP contribution < -0.4 is 14.8 Å². The third-order valence-electron chi connectivity index (χ3n) is 3.54. The molecule has 0 saturated carbocycles. The quantitative estimate of drug-likeness (QED) is 0.730. The number of ether oxygens (including phenoxy) is 2. The van der Waals surface area contributed by atoms with Gasteiger partial charge in [-0.05, 0) is 44.9 Å². The minimum Gasteiger partial charge on any atom is -0.490 e. The maximum absolute atomic E-state index is 12.3. The highest BCUT2D eigenvalue weighted by molar-refractivity contribution is 5.98. The normalized spacial score (nSPS) is 13.0. The van der Waals surface area contributed by atoms with Crippen LogP contribution in [-0.4, -0.2) is 35.7 Å². The van der Waals surface area contributed by atoms with Crippen LogP contribution in [0.15, 0.2) is 18.2 Å². The lowest BCUT2D eigenvalue weighted by atomic mass is 9.98. The van der Waals surface area contributed by atoms with Gasteiger partial charge in [-0.3, -0.25) is 4.79 Å². The van der Waals surface area contributed by atoms with Gasteiger partial charge in [0.2, 0.25) is 0 Å². The van der Waals surface area contributed by atoms with Gasteiger partial charge in [-0.25, -0.2) is 4.79 Å². The maximum atomic E-state index is 12.3. The summed E-state index contributed by atoms with van der Waals surface area (Å²) in [5, 5.41) is 11.8. The molecule has 1 atom stereocenters. The lowest BCUT2D eigenvalue weighted by Gasteiger charge is -2.24. The van der Waals surface area contributed by atoms with Crippen LogP contribution in [0.2, 0.25) is 0 Å². The number of hydrogen-bond donors (Lipinski definition) is 2. The number of benzene rings is 1. The van der Waals surface area contributed by atoms with E-state index in [-0.39, 0.29) is 6.42 Å². The van der Waals surface area contributed by atoms with Gasteiger partial charge in [0.1, 0.15) is 5.54 Å². The second-order valence-electron chi connectivity index (χ2n) is 5.39. The Morgan fingerprint density at radius 3 is 2.39 bits per heavy atom. The average Bonchev–Trinajstić information content (AvgIpc) is 2.53. The molecule has 2 N–H and O–H groups in total. The zero-order valence-electron chi connectivity index (χ0n) is 14.1. The molecule has 6 heteroatoms. The summed E-state index contributed by atoms with van der Waals surface area (Å²) in [6.45, 7) is 8.03. The molecule has 1 aromatic rings. The molecule has 0 aromatic heterocycles. The van der Waals surface area contributed by atoms with E-state index in [9.17, 15) is 14.7 Å². The van der Waals surface area contributed by atoms with Gasteiger partial charge in [-0.1, -0.05) is 13.8 Å². The van der Waals surface area contributed by atoms with E-state index in [1.165, 1.54) is 6.92 Å². The summed E-state index contributed by atoms with van der Waals surface area (Å²) in [6, 6.07) is 4.84. The van der Waals surface area contributed by atoms with Crippen molar-refractivity contribution in [3.8, 4) is 11.5 Å². The van der Waals surface area contributed by atoms with Crippen LogP contribution in [0.5, 0.6) is 11.5 Å². The summed E-state index contributed by atoms with van der Waals surface area (Å²) < 4.78 is 11.1. The third-order valence-corrected chi connectivity index (χ3v) is 3.54. The Morgan fingerprint density at radius 1 is 1.17 bits per heavy atom. The highest BCUT2D eigenvalue weighted by Gasteiger charge is 2.33. The molecule has 0 saturated heterocycles. The Bertz CT molecular complexity index is 558. The van der Waals surface area contributed by atoms with Crippen LogP contribution in [0.25, 0.3) is 0 Å². The predicted octanol–water partition coefficient (Wildman–Crippen LogP) is 2.86. The number of hydrogen-bond acceptors (Lipinski definition) is 4. The van der Waals surface area contributed by atoms with E-state index in [1.807, 2.05) is 13.8 Å². The summed E-state index contributed by atoms with van der Waals surface area (Å²) in [7, 11) is 0. The molecule has 128 valence electrons. The van der Waals surface area contributed by atoms with Crippen LogP contribution in [-0.2, 0) is 4.79 Å². The highest BCUT2D eigenvalue weighted by Crippen LogP contribution is 2.29. The summed E-state index contributed by atoms with van der Waals surface area (Å²) in [6.07, 6.45) is 1.14. The van der Waals surface area contributed by atoms with Crippen molar-refractivity contribution in [3.05, 3.63) is 23.8 Å². The van der Waals surface area contributed by atoms with Gasteiger partial charge in [0.25, 0.3) is 5.91 Å². The summed E-state index contributed by atoms with van der Waals surface area (Å²) >= 11 is 0. The zero-order chi connectivity index (χ0) is 17.5. The van der Waals surface area contributed by atoms with Crippen molar-refractivity contribution in [1.29, 1.82) is 0 Å². The fourth-order valence-electron chi connectivity index (χ4n) is 1.86. The molecule has 0 aliphatic rings. The Balaban J connectivity index is 3.01. The Kier molecular flexibility index (Phi) is 6.88. The predicted molar refractivity (Wildman–Crippen MR) is 87.2 cm³/mol. The third kappa shape index (κ3) is 4.87. The molecule has 0 fully saturated rings. The first-order chi connectivity index (χ1) is 10.9. The first kappa shape index (κ1) is 18.8. The number of rotatable bonds is 9. The molecule has 6 nitrogen and oxygen atoms in total. The minimum atomic E-state index is -1.31. The number of carbonyl (C=O) groups is 2. The molecule has 1 rings (SSSR count). The van der Waals surface area contributed by atoms with Crippen molar-refractivity contribution in [2.45, 2.75) is 46.1 Å². The minimum absolute atomic E-state index is 0.282.